The molecule has 1 atom stereocenters. The third-order valence-electron chi connectivity index (χ3n) is 5.22. The Hall–Kier alpha value is -2.37. The molecule has 6 heteroatoms. The maximum Gasteiger partial charge on any atom is 0.325 e. The first kappa shape index (κ1) is 20.9. The van der Waals surface area contributed by atoms with Gasteiger partial charge in [-0.05, 0) is 50.5 Å². The zero-order valence-electron chi connectivity index (χ0n) is 16.9. The van der Waals surface area contributed by atoms with Gasteiger partial charge in [0.05, 0.1) is 0 Å². The van der Waals surface area contributed by atoms with E-state index in [0.29, 0.717) is 12.1 Å². The molecule has 0 radical (unpaired) electrons. The van der Waals surface area contributed by atoms with E-state index in [0.717, 1.165) is 41.7 Å². The molecule has 0 spiro atoms. The van der Waals surface area contributed by atoms with Crippen LogP contribution in [-0.4, -0.2) is 34.8 Å². The van der Waals surface area contributed by atoms with Crippen molar-refractivity contribution in [3.05, 3.63) is 29.3 Å². The van der Waals surface area contributed by atoms with Crippen LogP contribution in [0, 0.1) is 13.8 Å². The number of nitrogens with one attached hydrogen (secondary N) is 2. The number of urea groups is 1. The van der Waals surface area contributed by atoms with Crippen molar-refractivity contribution in [2.24, 2.45) is 0 Å². The molecule has 0 unspecified atom stereocenters. The summed E-state index contributed by atoms with van der Waals surface area (Å²) in [6.07, 6.45) is 6.00. The lowest BCUT2D eigenvalue weighted by atomic mass is 9.94. The van der Waals surface area contributed by atoms with Crippen LogP contribution in [0.3, 0.4) is 0 Å². The highest BCUT2D eigenvalue weighted by Crippen LogP contribution is 2.24. The third-order valence-corrected chi connectivity index (χ3v) is 5.22. The maximum atomic E-state index is 12.7. The molecule has 1 fully saturated rings. The summed E-state index contributed by atoms with van der Waals surface area (Å²) in [5, 5.41) is 5.52. The molecule has 0 aliphatic carbocycles. The number of anilines is 1. The molecule has 1 aromatic carbocycles. The van der Waals surface area contributed by atoms with Crippen LogP contribution in [0.25, 0.3) is 0 Å². The second-order valence-electron chi connectivity index (χ2n) is 7.66. The predicted molar refractivity (Wildman–Crippen MR) is 107 cm³/mol. The summed E-state index contributed by atoms with van der Waals surface area (Å²) in [4.78, 5) is 38.3. The summed E-state index contributed by atoms with van der Waals surface area (Å²) in [5.74, 6) is -0.702. The summed E-state index contributed by atoms with van der Waals surface area (Å²) >= 11 is 0. The third kappa shape index (κ3) is 5.31. The minimum absolute atomic E-state index is 0.275. The van der Waals surface area contributed by atoms with Crippen LogP contribution < -0.4 is 10.6 Å². The molecule has 1 aliphatic rings. The lowest BCUT2D eigenvalue weighted by Gasteiger charge is -2.21. The van der Waals surface area contributed by atoms with Crippen molar-refractivity contribution in [1.82, 2.24) is 10.2 Å². The van der Waals surface area contributed by atoms with Gasteiger partial charge in [0.15, 0.2) is 0 Å². The van der Waals surface area contributed by atoms with Gasteiger partial charge >= 0.3 is 6.03 Å². The Balaban J connectivity index is 1.91. The molecule has 148 valence electrons. The van der Waals surface area contributed by atoms with E-state index in [4.69, 9.17) is 0 Å². The Labute approximate surface area is 161 Å². The normalized spacial score (nSPS) is 19.3. The van der Waals surface area contributed by atoms with E-state index < -0.39 is 11.6 Å². The molecule has 4 amide bonds. The largest absolute Gasteiger partial charge is 0.325 e. The molecule has 1 aromatic rings. The molecule has 27 heavy (non-hydrogen) atoms. The minimum atomic E-state index is -0.913. The molecule has 1 aliphatic heterocycles. The van der Waals surface area contributed by atoms with Crippen LogP contribution in [0.15, 0.2) is 18.2 Å². The van der Waals surface area contributed by atoms with E-state index in [2.05, 4.69) is 17.6 Å². The van der Waals surface area contributed by atoms with E-state index in [-0.39, 0.29) is 18.4 Å². The number of hydrogen-bond acceptors (Lipinski definition) is 3. The summed E-state index contributed by atoms with van der Waals surface area (Å²) in [7, 11) is 0. The second kappa shape index (κ2) is 9.02. The number of rotatable bonds is 9. The van der Waals surface area contributed by atoms with Crippen LogP contribution in [-0.2, 0) is 9.59 Å². The number of hydrogen-bond donors (Lipinski definition) is 2. The molecule has 0 saturated carbocycles. The van der Waals surface area contributed by atoms with Crippen LogP contribution >= 0.6 is 0 Å². The lowest BCUT2D eigenvalue weighted by Crippen LogP contribution is -2.44. The maximum absolute atomic E-state index is 12.7. The van der Waals surface area contributed by atoms with Gasteiger partial charge in [0.25, 0.3) is 5.91 Å². The van der Waals surface area contributed by atoms with Gasteiger partial charge in [0, 0.05) is 5.69 Å². The van der Waals surface area contributed by atoms with E-state index in [9.17, 15) is 14.4 Å². The van der Waals surface area contributed by atoms with E-state index in [1.54, 1.807) is 6.92 Å². The quantitative estimate of drug-likeness (QED) is 0.509. The smallest absolute Gasteiger partial charge is 0.325 e. The minimum Gasteiger partial charge on any atom is -0.325 e. The van der Waals surface area contributed by atoms with Crippen molar-refractivity contribution in [2.75, 3.05) is 11.9 Å². The average molecular weight is 373 g/mol. The van der Waals surface area contributed by atoms with Gasteiger partial charge in [0.1, 0.15) is 12.1 Å². The van der Waals surface area contributed by atoms with E-state index in [1.165, 1.54) is 6.42 Å². The molecule has 0 bridgehead atoms. The Morgan fingerprint density at radius 2 is 1.81 bits per heavy atom. The number of imide groups is 1. The lowest BCUT2D eigenvalue weighted by molar-refractivity contribution is -0.133. The standard InChI is InChI=1S/C21H31N3O3/c1-5-6-7-8-9-12-21(4)19(26)24(20(27)23-21)14-18(25)22-17-11-10-15(2)16(3)13-17/h10-11,13H,5-9,12,14H2,1-4H3,(H,22,25)(H,23,27)/t21-/m0/s1. The zero-order chi connectivity index (χ0) is 20.0. The number of aryl methyl sites for hydroxylation is 2. The Morgan fingerprint density at radius 3 is 2.48 bits per heavy atom. The van der Waals surface area contributed by atoms with Gasteiger partial charge in [-0.15, -0.1) is 0 Å². The number of unbranched alkanes of at least 4 members (excludes halogenated alkanes) is 4. The van der Waals surface area contributed by atoms with E-state index >= 15 is 0 Å². The van der Waals surface area contributed by atoms with Gasteiger partial charge in [-0.3, -0.25) is 14.5 Å². The monoisotopic (exact) mass is 373 g/mol. The molecular formula is C21H31N3O3. The van der Waals surface area contributed by atoms with Gasteiger partial charge in [0.2, 0.25) is 5.91 Å². The molecule has 2 N–H and O–H groups in total. The second-order valence-corrected chi connectivity index (χ2v) is 7.66. The van der Waals surface area contributed by atoms with Crippen LogP contribution in [0.2, 0.25) is 0 Å². The molecule has 2 rings (SSSR count). The van der Waals surface area contributed by atoms with Crippen molar-refractivity contribution in [3.8, 4) is 0 Å². The van der Waals surface area contributed by atoms with Crippen LogP contribution in [0.1, 0.15) is 63.5 Å². The van der Waals surface area contributed by atoms with Crippen molar-refractivity contribution in [1.29, 1.82) is 0 Å². The molecule has 1 heterocycles. The highest BCUT2D eigenvalue weighted by molar-refractivity contribution is 6.09. The van der Waals surface area contributed by atoms with Crippen LogP contribution in [0.5, 0.6) is 0 Å². The highest BCUT2D eigenvalue weighted by atomic mass is 16.2. The van der Waals surface area contributed by atoms with Crippen molar-refractivity contribution >= 4 is 23.5 Å². The van der Waals surface area contributed by atoms with Crippen molar-refractivity contribution in [3.63, 3.8) is 0 Å². The Kier molecular flexibility index (Phi) is 6.99. The molecular weight excluding hydrogens is 342 g/mol. The SMILES string of the molecule is CCCCCCC[C@]1(C)NC(=O)N(CC(=O)Nc2ccc(C)c(C)c2)C1=O. The first-order valence-corrected chi connectivity index (χ1v) is 9.78. The summed E-state index contributed by atoms with van der Waals surface area (Å²) in [6, 6.07) is 5.12. The predicted octanol–water partition coefficient (Wildman–Crippen LogP) is 3.91. The Bertz CT molecular complexity index is 717. The zero-order valence-corrected chi connectivity index (χ0v) is 16.9. The topological polar surface area (TPSA) is 78.5 Å². The number of amides is 4. The highest BCUT2D eigenvalue weighted by Gasteiger charge is 2.47. The number of benzene rings is 1. The number of nitrogens with zero attached hydrogens (tertiary/aromatic N) is 1. The van der Waals surface area contributed by atoms with Crippen molar-refractivity contribution in [2.45, 2.75) is 71.8 Å². The molecule has 1 saturated heterocycles. The Morgan fingerprint density at radius 1 is 1.11 bits per heavy atom. The van der Waals surface area contributed by atoms with Crippen molar-refractivity contribution < 1.29 is 14.4 Å². The molecule has 0 aromatic heterocycles. The van der Waals surface area contributed by atoms with Gasteiger partial charge in [-0.1, -0.05) is 45.1 Å². The summed E-state index contributed by atoms with van der Waals surface area (Å²) in [6.45, 7) is 7.59. The van der Waals surface area contributed by atoms with Gasteiger partial charge in [-0.2, -0.15) is 0 Å². The van der Waals surface area contributed by atoms with Gasteiger partial charge < -0.3 is 10.6 Å². The fraction of sp³-hybridized carbons (Fsp3) is 0.571. The molecule has 6 nitrogen and oxygen atoms in total. The van der Waals surface area contributed by atoms with Crippen LogP contribution in [0.4, 0.5) is 10.5 Å². The fourth-order valence-electron chi connectivity index (χ4n) is 3.31. The number of carbonyl (C=O) groups is 3. The van der Waals surface area contributed by atoms with Gasteiger partial charge in [-0.25, -0.2) is 4.79 Å². The first-order valence-electron chi connectivity index (χ1n) is 9.78. The average Bonchev–Trinajstić information content (AvgIpc) is 2.81. The summed E-state index contributed by atoms with van der Waals surface area (Å²) < 4.78 is 0. The first-order chi connectivity index (χ1) is 12.8. The van der Waals surface area contributed by atoms with E-state index in [1.807, 2.05) is 32.0 Å². The fourth-order valence-corrected chi connectivity index (χ4v) is 3.31. The summed E-state index contributed by atoms with van der Waals surface area (Å²) in [5.41, 5.74) is 1.95. The number of carbonyl (C=O) groups excluding carboxylic acids is 3.